The smallest absolute Gasteiger partial charge is 0.405 e. The zero-order valence-corrected chi connectivity index (χ0v) is 24.9. The Labute approximate surface area is 242 Å². The molecule has 2 amide bonds. The van der Waals surface area contributed by atoms with Crippen molar-refractivity contribution in [2.24, 2.45) is 4.99 Å². The number of aliphatic hydroxyl groups excluding tert-OH is 1. The van der Waals surface area contributed by atoms with Crippen LogP contribution in [0.3, 0.4) is 0 Å². The minimum atomic E-state index is -3.79. The van der Waals surface area contributed by atoms with Gasteiger partial charge >= 0.3 is 6.09 Å². The van der Waals surface area contributed by atoms with E-state index in [1.807, 2.05) is 43.0 Å². The van der Waals surface area contributed by atoms with Gasteiger partial charge in [0.2, 0.25) is 15.9 Å². The minimum Gasteiger partial charge on any atom is -0.465 e. The average Bonchev–Trinajstić information content (AvgIpc) is 3.08. The maximum Gasteiger partial charge on any atom is 0.405 e. The molecule has 0 bridgehead atoms. The number of nitrogens with zero attached hydrogens (tertiary/aromatic N) is 2. The van der Waals surface area contributed by atoms with E-state index in [1.54, 1.807) is 32.0 Å². The summed E-state index contributed by atoms with van der Waals surface area (Å²) in [5.74, 6) is -0.0596. The predicted molar refractivity (Wildman–Crippen MR) is 161 cm³/mol. The van der Waals surface area contributed by atoms with Gasteiger partial charge in [0.1, 0.15) is 0 Å². The molecule has 1 aliphatic heterocycles. The third-order valence-corrected chi connectivity index (χ3v) is 8.01. The van der Waals surface area contributed by atoms with Gasteiger partial charge in [-0.1, -0.05) is 38.1 Å². The van der Waals surface area contributed by atoms with Crippen LogP contribution in [0.5, 0.6) is 0 Å². The number of rotatable bonds is 13. The van der Waals surface area contributed by atoms with Crippen LogP contribution in [0.2, 0.25) is 0 Å². The maximum absolute atomic E-state index is 13.6. The number of sulfonamides is 1. The molecule has 1 heterocycles. The third kappa shape index (κ3) is 8.72. The van der Waals surface area contributed by atoms with Crippen LogP contribution in [0.4, 0.5) is 10.5 Å². The molecule has 0 aromatic heterocycles. The number of carbonyl (C=O) groups is 2. The zero-order chi connectivity index (χ0) is 30.2. The van der Waals surface area contributed by atoms with E-state index in [0.29, 0.717) is 42.0 Å². The Balaban J connectivity index is 2.09. The quantitative estimate of drug-likeness (QED) is 0.271. The van der Waals surface area contributed by atoms with Crippen molar-refractivity contribution in [1.82, 2.24) is 14.9 Å². The molecule has 1 aliphatic rings. The van der Waals surface area contributed by atoms with Gasteiger partial charge in [0.15, 0.2) is 0 Å². The lowest BCUT2D eigenvalue weighted by molar-refractivity contribution is -0.127. The Morgan fingerprint density at radius 1 is 1.05 bits per heavy atom. The van der Waals surface area contributed by atoms with E-state index in [1.165, 1.54) is 6.07 Å². The number of nitrogens with one attached hydrogen (secondary N) is 2. The molecule has 2 aromatic rings. The van der Waals surface area contributed by atoms with Crippen molar-refractivity contribution >= 4 is 39.5 Å². The Bertz CT molecular complexity index is 1430. The first-order valence-electron chi connectivity index (χ1n) is 13.8. The highest BCUT2D eigenvalue weighted by Gasteiger charge is 2.27. The first-order valence-corrected chi connectivity index (χ1v) is 15.3. The molecule has 0 saturated heterocycles. The number of hydrogen-bond acceptors (Lipinski definition) is 6. The van der Waals surface area contributed by atoms with Gasteiger partial charge in [0.05, 0.1) is 17.2 Å². The number of carboxylic acid groups (broad SMARTS) is 1. The van der Waals surface area contributed by atoms with Gasteiger partial charge in [-0.15, -0.1) is 0 Å². The van der Waals surface area contributed by atoms with Crippen LogP contribution in [0.15, 0.2) is 57.9 Å². The zero-order valence-electron chi connectivity index (χ0n) is 24.1. The molecule has 0 saturated carbocycles. The summed E-state index contributed by atoms with van der Waals surface area (Å²) in [6, 6.07) is 12.1. The molecule has 0 radical (unpaired) electrons. The molecule has 3 rings (SSSR count). The summed E-state index contributed by atoms with van der Waals surface area (Å²) in [5, 5.41) is 20.9. The molecule has 10 nitrogen and oxygen atoms in total. The number of fused-ring (bicyclic) bond motifs is 1. The molecule has 0 fully saturated rings. The Morgan fingerprint density at radius 3 is 2.37 bits per heavy atom. The Morgan fingerprint density at radius 2 is 1.73 bits per heavy atom. The van der Waals surface area contributed by atoms with Crippen molar-refractivity contribution < 1.29 is 28.2 Å². The second-order valence-corrected chi connectivity index (χ2v) is 12.5. The van der Waals surface area contributed by atoms with Crippen molar-refractivity contribution in [2.75, 3.05) is 26.2 Å². The van der Waals surface area contributed by atoms with Gasteiger partial charge in [0.25, 0.3) is 0 Å². The van der Waals surface area contributed by atoms with Crippen molar-refractivity contribution in [2.45, 2.75) is 63.8 Å². The molecule has 0 atom stereocenters. The molecule has 0 aliphatic carbocycles. The van der Waals surface area contributed by atoms with Crippen molar-refractivity contribution in [3.8, 4) is 11.1 Å². The largest absolute Gasteiger partial charge is 0.465 e. The molecular formula is C30H40N4O6S. The molecule has 2 aromatic carbocycles. The fourth-order valence-electron chi connectivity index (χ4n) is 4.86. The van der Waals surface area contributed by atoms with Crippen LogP contribution in [0.1, 0.15) is 58.9 Å². The molecule has 11 heteroatoms. The number of benzene rings is 2. The molecule has 222 valence electrons. The highest BCUT2D eigenvalue weighted by molar-refractivity contribution is 7.89. The minimum absolute atomic E-state index is 0.0596. The molecule has 4 N–H and O–H groups in total. The standard InChI is InChI=1S/C30H40N4O6S/c1-5-13-34(14-6-2)28(36)24-16-23-11-10-22(21-8-7-9-26(18-21)41(39,40)31-12-15-35)19-27(23)32-25(17-24)20-30(3,4)33-29(37)38/h7-11,16,18-19,31,33,35H,5-6,12-15,17,20H2,1-4H3,(H,37,38). The van der Waals surface area contributed by atoms with Crippen LogP contribution < -0.4 is 10.0 Å². The second-order valence-electron chi connectivity index (χ2n) is 10.7. The first kappa shape index (κ1) is 32.0. The van der Waals surface area contributed by atoms with Crippen LogP contribution in [0.25, 0.3) is 17.2 Å². The van der Waals surface area contributed by atoms with E-state index < -0.39 is 21.7 Å². The lowest BCUT2D eigenvalue weighted by Crippen LogP contribution is -2.44. The molecular weight excluding hydrogens is 544 g/mol. The van der Waals surface area contributed by atoms with Crippen LogP contribution >= 0.6 is 0 Å². The normalized spacial score (nSPS) is 13.5. The van der Waals surface area contributed by atoms with Gasteiger partial charge in [0, 0.05) is 54.9 Å². The van der Waals surface area contributed by atoms with Crippen LogP contribution in [-0.4, -0.2) is 73.0 Å². The monoisotopic (exact) mass is 584 g/mol. The van der Waals surface area contributed by atoms with Crippen LogP contribution in [-0.2, 0) is 14.8 Å². The summed E-state index contributed by atoms with van der Waals surface area (Å²) < 4.78 is 27.6. The molecule has 0 spiro atoms. The van der Waals surface area contributed by atoms with Gasteiger partial charge in [-0.3, -0.25) is 9.79 Å². The van der Waals surface area contributed by atoms with Crippen molar-refractivity contribution in [1.29, 1.82) is 0 Å². The number of aliphatic imine (C=N–C) groups is 1. The second kappa shape index (κ2) is 13.9. The number of aliphatic hydroxyl groups is 1. The number of amides is 2. The van der Waals surface area contributed by atoms with E-state index in [2.05, 4.69) is 10.0 Å². The van der Waals surface area contributed by atoms with Crippen molar-refractivity contribution in [3.63, 3.8) is 0 Å². The van der Waals surface area contributed by atoms with E-state index in [-0.39, 0.29) is 30.4 Å². The Kier molecular flexibility index (Phi) is 10.8. The third-order valence-electron chi connectivity index (χ3n) is 6.56. The summed E-state index contributed by atoms with van der Waals surface area (Å²) in [7, 11) is -3.79. The fourth-order valence-corrected chi connectivity index (χ4v) is 5.92. The van der Waals surface area contributed by atoms with Crippen LogP contribution in [0, 0.1) is 0 Å². The lowest BCUT2D eigenvalue weighted by atomic mass is 9.93. The van der Waals surface area contributed by atoms with Gasteiger partial charge in [-0.2, -0.15) is 0 Å². The predicted octanol–water partition coefficient (Wildman–Crippen LogP) is 4.57. The van der Waals surface area contributed by atoms with E-state index >= 15 is 0 Å². The first-order chi connectivity index (χ1) is 19.4. The Hall–Kier alpha value is -3.54. The summed E-state index contributed by atoms with van der Waals surface area (Å²) in [6.45, 7) is 8.49. The highest BCUT2D eigenvalue weighted by atomic mass is 32.2. The van der Waals surface area contributed by atoms with Gasteiger partial charge < -0.3 is 20.4 Å². The van der Waals surface area contributed by atoms with E-state index in [4.69, 9.17) is 10.1 Å². The molecule has 0 unspecified atom stereocenters. The fraction of sp³-hybridized carbons (Fsp3) is 0.433. The number of carbonyl (C=O) groups excluding carboxylic acids is 1. The summed E-state index contributed by atoms with van der Waals surface area (Å²) in [5.41, 5.74) is 3.18. The van der Waals surface area contributed by atoms with Gasteiger partial charge in [-0.05, 0) is 62.1 Å². The summed E-state index contributed by atoms with van der Waals surface area (Å²) >= 11 is 0. The summed E-state index contributed by atoms with van der Waals surface area (Å²) in [4.78, 5) is 31.9. The average molecular weight is 585 g/mol. The molecule has 41 heavy (non-hydrogen) atoms. The maximum atomic E-state index is 13.6. The van der Waals surface area contributed by atoms with E-state index in [9.17, 15) is 23.1 Å². The lowest BCUT2D eigenvalue weighted by Gasteiger charge is -2.26. The SMILES string of the molecule is CCCN(CCC)C(=O)C1=Cc2ccc(-c3cccc(S(=O)(=O)NCCO)c3)cc2N=C(CC(C)(C)NC(=O)O)C1. The van der Waals surface area contributed by atoms with Gasteiger partial charge in [-0.25, -0.2) is 17.9 Å². The topological polar surface area (TPSA) is 148 Å². The number of hydrogen-bond donors (Lipinski definition) is 4. The summed E-state index contributed by atoms with van der Waals surface area (Å²) in [6.07, 6.45) is 2.95. The highest BCUT2D eigenvalue weighted by Crippen LogP contribution is 2.34. The van der Waals surface area contributed by atoms with Crippen molar-refractivity contribution in [3.05, 3.63) is 53.6 Å². The van der Waals surface area contributed by atoms with E-state index in [0.717, 1.165) is 24.0 Å².